The monoisotopic (exact) mass is 292 g/mol. The minimum Gasteiger partial charge on any atom is -0.393 e. The van der Waals surface area contributed by atoms with Crippen LogP contribution in [0.15, 0.2) is 30.3 Å². The van der Waals surface area contributed by atoms with Crippen LogP contribution in [-0.2, 0) is 0 Å². The van der Waals surface area contributed by atoms with E-state index in [0.717, 1.165) is 19.5 Å². The van der Waals surface area contributed by atoms with E-state index in [4.69, 9.17) is 18.0 Å². The van der Waals surface area contributed by atoms with Crippen LogP contribution < -0.4 is 10.6 Å². The summed E-state index contributed by atoms with van der Waals surface area (Å²) in [6.07, 6.45) is 8.75. The Balaban J connectivity index is 2.37. The zero-order valence-corrected chi connectivity index (χ0v) is 13.5. The normalized spacial score (nSPS) is 10.4. The first kappa shape index (κ1) is 17.0. The van der Waals surface area contributed by atoms with Gasteiger partial charge in [0.05, 0.1) is 4.99 Å². The van der Waals surface area contributed by atoms with Crippen molar-refractivity contribution in [2.45, 2.75) is 51.9 Å². The molecular weight excluding hydrogens is 264 g/mol. The molecule has 0 aromatic heterocycles. The predicted octanol–water partition coefficient (Wildman–Crippen LogP) is 4.53. The summed E-state index contributed by atoms with van der Waals surface area (Å²) >= 11 is 5.00. The van der Waals surface area contributed by atoms with Crippen LogP contribution in [0.1, 0.15) is 51.9 Å². The Morgan fingerprint density at radius 1 is 1.00 bits per heavy atom. The molecule has 0 fully saturated rings. The number of rotatable bonds is 11. The molecule has 0 aliphatic heterocycles. The van der Waals surface area contributed by atoms with E-state index in [9.17, 15) is 0 Å². The highest BCUT2D eigenvalue weighted by molar-refractivity contribution is 7.80. The van der Waals surface area contributed by atoms with Crippen LogP contribution in [0.4, 0.5) is 5.69 Å². The van der Waals surface area contributed by atoms with Crippen molar-refractivity contribution in [1.82, 2.24) is 0 Å². The Kier molecular flexibility index (Phi) is 9.05. The number of hydrogen-bond acceptors (Lipinski definition) is 2. The minimum absolute atomic E-state index is 0.605. The van der Waals surface area contributed by atoms with Gasteiger partial charge in [-0.1, -0.05) is 69.4 Å². The van der Waals surface area contributed by atoms with Crippen LogP contribution in [0.25, 0.3) is 0 Å². The van der Waals surface area contributed by atoms with Gasteiger partial charge in [0.15, 0.2) is 0 Å². The van der Waals surface area contributed by atoms with Crippen LogP contribution in [0, 0.1) is 0 Å². The van der Waals surface area contributed by atoms with Crippen LogP contribution in [0.2, 0.25) is 0 Å². The molecule has 2 nitrogen and oxygen atoms in total. The molecule has 0 amide bonds. The number of nitrogens with two attached hydrogens (primary N) is 1. The number of para-hydroxylation sites is 1. The number of thiocarbonyl (C=S) groups is 1. The van der Waals surface area contributed by atoms with Crippen molar-refractivity contribution >= 4 is 22.9 Å². The Hall–Kier alpha value is -1.09. The predicted molar refractivity (Wildman–Crippen MR) is 93.4 cm³/mol. The summed E-state index contributed by atoms with van der Waals surface area (Å²) < 4.78 is 0. The van der Waals surface area contributed by atoms with E-state index in [1.807, 2.05) is 0 Å². The number of benzene rings is 1. The van der Waals surface area contributed by atoms with Crippen molar-refractivity contribution in [3.8, 4) is 0 Å². The van der Waals surface area contributed by atoms with E-state index in [2.05, 4.69) is 42.2 Å². The molecular formula is C17H28N2S. The Bertz CT molecular complexity index is 365. The summed E-state index contributed by atoms with van der Waals surface area (Å²) in [5.41, 5.74) is 6.91. The zero-order chi connectivity index (χ0) is 14.6. The summed E-state index contributed by atoms with van der Waals surface area (Å²) in [7, 11) is 0. The average molecular weight is 292 g/mol. The Labute approximate surface area is 129 Å². The largest absolute Gasteiger partial charge is 0.393 e. The molecule has 0 aliphatic rings. The lowest BCUT2D eigenvalue weighted by Crippen LogP contribution is -2.28. The fourth-order valence-electron chi connectivity index (χ4n) is 2.34. The smallest absolute Gasteiger partial charge is 0.0745 e. The van der Waals surface area contributed by atoms with Gasteiger partial charge in [0.25, 0.3) is 0 Å². The van der Waals surface area contributed by atoms with E-state index >= 15 is 0 Å². The molecule has 2 N–H and O–H groups in total. The Morgan fingerprint density at radius 2 is 1.65 bits per heavy atom. The van der Waals surface area contributed by atoms with Crippen molar-refractivity contribution in [3.63, 3.8) is 0 Å². The van der Waals surface area contributed by atoms with Gasteiger partial charge in [-0.2, -0.15) is 0 Å². The highest BCUT2D eigenvalue weighted by atomic mass is 32.1. The fraction of sp³-hybridized carbons (Fsp3) is 0.588. The van der Waals surface area contributed by atoms with E-state index in [0.29, 0.717) is 4.99 Å². The zero-order valence-electron chi connectivity index (χ0n) is 12.7. The molecule has 0 heterocycles. The SMILES string of the molecule is CCCCCCCCN(CCC(N)=S)c1ccccc1. The molecule has 20 heavy (non-hydrogen) atoms. The van der Waals surface area contributed by atoms with Crippen molar-refractivity contribution in [3.05, 3.63) is 30.3 Å². The summed E-state index contributed by atoms with van der Waals surface area (Å²) in [5, 5.41) is 0. The van der Waals surface area contributed by atoms with Gasteiger partial charge in [-0.15, -0.1) is 0 Å². The average Bonchev–Trinajstić information content (AvgIpc) is 2.46. The van der Waals surface area contributed by atoms with E-state index in [1.165, 1.54) is 44.2 Å². The third-order valence-corrected chi connectivity index (χ3v) is 3.74. The third-order valence-electron chi connectivity index (χ3n) is 3.53. The van der Waals surface area contributed by atoms with Gasteiger partial charge >= 0.3 is 0 Å². The van der Waals surface area contributed by atoms with Gasteiger partial charge in [-0.3, -0.25) is 0 Å². The molecule has 112 valence electrons. The second-order valence-electron chi connectivity index (χ2n) is 5.31. The third kappa shape index (κ3) is 7.49. The number of anilines is 1. The van der Waals surface area contributed by atoms with Gasteiger partial charge in [-0.25, -0.2) is 0 Å². The van der Waals surface area contributed by atoms with Gasteiger partial charge in [0.1, 0.15) is 0 Å². The van der Waals surface area contributed by atoms with Crippen LogP contribution in [0.3, 0.4) is 0 Å². The van der Waals surface area contributed by atoms with Gasteiger partial charge < -0.3 is 10.6 Å². The van der Waals surface area contributed by atoms with Crippen LogP contribution in [0.5, 0.6) is 0 Å². The molecule has 0 aliphatic carbocycles. The van der Waals surface area contributed by atoms with Gasteiger partial charge in [0, 0.05) is 25.2 Å². The molecule has 0 saturated heterocycles. The van der Waals surface area contributed by atoms with E-state index in [-0.39, 0.29) is 0 Å². The molecule has 0 unspecified atom stereocenters. The maximum Gasteiger partial charge on any atom is 0.0745 e. The standard InChI is InChI=1S/C17H28N2S/c1-2-3-4-5-6-10-14-19(15-13-17(18)20)16-11-8-7-9-12-16/h7-9,11-12H,2-6,10,13-15H2,1H3,(H2,18,20). The number of hydrogen-bond donors (Lipinski definition) is 1. The molecule has 0 radical (unpaired) electrons. The lowest BCUT2D eigenvalue weighted by atomic mass is 10.1. The Morgan fingerprint density at radius 3 is 2.30 bits per heavy atom. The van der Waals surface area contributed by atoms with Crippen molar-refractivity contribution in [1.29, 1.82) is 0 Å². The highest BCUT2D eigenvalue weighted by Gasteiger charge is 2.06. The molecule has 0 atom stereocenters. The summed E-state index contributed by atoms with van der Waals surface area (Å²) in [4.78, 5) is 3.01. The maximum atomic E-state index is 5.63. The summed E-state index contributed by atoms with van der Waals surface area (Å²) in [6.45, 7) is 4.28. The molecule has 1 aromatic carbocycles. The minimum atomic E-state index is 0.605. The van der Waals surface area contributed by atoms with Gasteiger partial charge in [-0.05, 0) is 18.6 Å². The molecule has 1 aromatic rings. The quantitative estimate of drug-likeness (QED) is 0.480. The lowest BCUT2D eigenvalue weighted by molar-refractivity contribution is 0.599. The topological polar surface area (TPSA) is 29.3 Å². The highest BCUT2D eigenvalue weighted by Crippen LogP contribution is 2.15. The molecule has 0 saturated carbocycles. The molecule has 3 heteroatoms. The second-order valence-corrected chi connectivity index (χ2v) is 5.83. The molecule has 1 rings (SSSR count). The lowest BCUT2D eigenvalue weighted by Gasteiger charge is -2.24. The number of nitrogens with zero attached hydrogens (tertiary/aromatic N) is 1. The van der Waals surface area contributed by atoms with E-state index in [1.54, 1.807) is 0 Å². The summed E-state index contributed by atoms with van der Waals surface area (Å²) in [6, 6.07) is 10.6. The molecule has 0 spiro atoms. The van der Waals surface area contributed by atoms with Gasteiger partial charge in [0.2, 0.25) is 0 Å². The number of unbranched alkanes of at least 4 members (excludes halogenated alkanes) is 5. The first-order valence-corrected chi connectivity index (χ1v) is 8.23. The van der Waals surface area contributed by atoms with Crippen molar-refractivity contribution < 1.29 is 0 Å². The maximum absolute atomic E-state index is 5.63. The van der Waals surface area contributed by atoms with E-state index < -0.39 is 0 Å². The van der Waals surface area contributed by atoms with Crippen molar-refractivity contribution in [2.24, 2.45) is 5.73 Å². The second kappa shape index (κ2) is 10.7. The fourth-order valence-corrected chi connectivity index (χ4v) is 2.43. The first-order valence-electron chi connectivity index (χ1n) is 7.82. The van der Waals surface area contributed by atoms with Crippen LogP contribution >= 0.6 is 12.2 Å². The molecule has 0 bridgehead atoms. The first-order chi connectivity index (χ1) is 9.74. The summed E-state index contributed by atoms with van der Waals surface area (Å²) in [5.74, 6) is 0. The van der Waals surface area contributed by atoms with Crippen LogP contribution in [-0.4, -0.2) is 18.1 Å². The van der Waals surface area contributed by atoms with Crippen molar-refractivity contribution in [2.75, 3.05) is 18.0 Å².